The second-order valence-corrected chi connectivity index (χ2v) is 8.15. The molecule has 2 atom stereocenters. The second kappa shape index (κ2) is 8.39. The van der Waals surface area contributed by atoms with E-state index in [9.17, 15) is 4.79 Å². The Labute approximate surface area is 167 Å². The number of para-hydroxylation sites is 1. The summed E-state index contributed by atoms with van der Waals surface area (Å²) in [6.07, 6.45) is 3.61. The number of methoxy groups -OCH3 is 1. The van der Waals surface area contributed by atoms with Gasteiger partial charge in [0.15, 0.2) is 0 Å². The fourth-order valence-electron chi connectivity index (χ4n) is 4.11. The number of hydrogen-bond acceptors (Lipinski definition) is 4. The number of hydrogen-bond donors (Lipinski definition) is 1. The molecular formula is C23H30N2O3. The van der Waals surface area contributed by atoms with Gasteiger partial charge in [0.25, 0.3) is 0 Å². The molecule has 1 aliphatic carbocycles. The number of carbonyl (C=O) groups excluding carboxylic acids is 1. The predicted molar refractivity (Wildman–Crippen MR) is 108 cm³/mol. The maximum absolute atomic E-state index is 12.7. The third-order valence-electron chi connectivity index (χ3n) is 6.10. The summed E-state index contributed by atoms with van der Waals surface area (Å²) in [4.78, 5) is 14.6. The van der Waals surface area contributed by atoms with Crippen molar-refractivity contribution in [1.29, 1.82) is 0 Å². The van der Waals surface area contributed by atoms with E-state index in [4.69, 9.17) is 9.15 Å². The first-order chi connectivity index (χ1) is 13.6. The summed E-state index contributed by atoms with van der Waals surface area (Å²) in [5.41, 5.74) is 0.953. The fraction of sp³-hybridized carbons (Fsp3) is 0.522. The quantitative estimate of drug-likeness (QED) is 0.793. The minimum absolute atomic E-state index is 0.178. The third-order valence-corrected chi connectivity index (χ3v) is 6.10. The van der Waals surface area contributed by atoms with Crippen LogP contribution < -0.4 is 10.1 Å². The summed E-state index contributed by atoms with van der Waals surface area (Å²) in [6, 6.07) is 12.4. The van der Waals surface area contributed by atoms with Gasteiger partial charge in [-0.05, 0) is 43.4 Å². The van der Waals surface area contributed by atoms with Crippen LogP contribution in [-0.4, -0.2) is 37.0 Å². The highest BCUT2D eigenvalue weighted by atomic mass is 16.5. The molecule has 2 aromatic rings. The first-order valence-electron chi connectivity index (χ1n) is 10.4. The van der Waals surface area contributed by atoms with Crippen LogP contribution >= 0.6 is 0 Å². The number of carbonyl (C=O) groups is 1. The molecule has 4 rings (SSSR count). The van der Waals surface area contributed by atoms with Gasteiger partial charge in [-0.1, -0.05) is 25.1 Å². The van der Waals surface area contributed by atoms with E-state index < -0.39 is 0 Å². The highest BCUT2D eigenvalue weighted by Gasteiger charge is 2.36. The summed E-state index contributed by atoms with van der Waals surface area (Å²) in [6.45, 7) is 4.64. The first-order valence-corrected chi connectivity index (χ1v) is 10.4. The van der Waals surface area contributed by atoms with Gasteiger partial charge in [0.05, 0.1) is 20.1 Å². The molecule has 2 unspecified atom stereocenters. The van der Waals surface area contributed by atoms with E-state index >= 15 is 0 Å². The van der Waals surface area contributed by atoms with E-state index in [1.165, 1.54) is 6.42 Å². The van der Waals surface area contributed by atoms with Crippen molar-refractivity contribution in [2.45, 2.75) is 51.1 Å². The summed E-state index contributed by atoms with van der Waals surface area (Å²) in [5.74, 6) is 4.52. The number of piperidine rings is 1. The molecule has 0 radical (unpaired) electrons. The Morgan fingerprint density at radius 1 is 1.21 bits per heavy atom. The van der Waals surface area contributed by atoms with Gasteiger partial charge in [-0.2, -0.15) is 0 Å². The first kappa shape index (κ1) is 19.1. The van der Waals surface area contributed by atoms with Crippen molar-refractivity contribution in [3.63, 3.8) is 0 Å². The molecule has 1 aliphatic heterocycles. The fourth-order valence-corrected chi connectivity index (χ4v) is 4.11. The van der Waals surface area contributed by atoms with Gasteiger partial charge in [-0.25, -0.2) is 0 Å². The number of amides is 1. The normalized spacial score (nSPS) is 22.3. The van der Waals surface area contributed by atoms with Crippen LogP contribution in [0.5, 0.6) is 5.75 Å². The molecular weight excluding hydrogens is 352 g/mol. The molecule has 2 fully saturated rings. The number of nitrogens with one attached hydrogen (secondary N) is 1. The Balaban J connectivity index is 1.22. The van der Waals surface area contributed by atoms with Gasteiger partial charge in [0, 0.05) is 30.6 Å². The van der Waals surface area contributed by atoms with Crippen LogP contribution in [0.2, 0.25) is 0 Å². The summed E-state index contributed by atoms with van der Waals surface area (Å²) in [7, 11) is 1.65. The van der Waals surface area contributed by atoms with Gasteiger partial charge in [-0.15, -0.1) is 0 Å². The minimum Gasteiger partial charge on any atom is -0.496 e. The molecule has 1 amide bonds. The third kappa shape index (κ3) is 4.41. The van der Waals surface area contributed by atoms with Crippen molar-refractivity contribution in [1.82, 2.24) is 10.2 Å². The van der Waals surface area contributed by atoms with Crippen LogP contribution in [0.1, 0.15) is 49.2 Å². The molecule has 2 aliphatic rings. The topological polar surface area (TPSA) is 54.7 Å². The molecule has 1 aromatic heterocycles. The van der Waals surface area contributed by atoms with Crippen LogP contribution in [0.25, 0.3) is 0 Å². The van der Waals surface area contributed by atoms with Crippen LogP contribution in [0.4, 0.5) is 0 Å². The zero-order valence-electron chi connectivity index (χ0n) is 16.8. The number of likely N-dealkylation sites (tertiary alicyclic amines) is 1. The van der Waals surface area contributed by atoms with Gasteiger partial charge >= 0.3 is 0 Å². The number of benzene rings is 1. The maximum Gasteiger partial charge on any atom is 0.227 e. The van der Waals surface area contributed by atoms with Crippen molar-refractivity contribution < 1.29 is 13.9 Å². The van der Waals surface area contributed by atoms with Crippen molar-refractivity contribution in [3.8, 4) is 5.75 Å². The Hall–Kier alpha value is -2.27. The van der Waals surface area contributed by atoms with E-state index in [0.29, 0.717) is 18.4 Å². The lowest BCUT2D eigenvalue weighted by atomic mass is 10.0. The minimum atomic E-state index is 0.178. The van der Waals surface area contributed by atoms with Crippen molar-refractivity contribution in [2.75, 3.05) is 20.2 Å². The smallest absolute Gasteiger partial charge is 0.227 e. The number of furan rings is 1. The highest BCUT2D eigenvalue weighted by Crippen LogP contribution is 2.47. The monoisotopic (exact) mass is 382 g/mol. The molecule has 0 bridgehead atoms. The Morgan fingerprint density at radius 3 is 2.68 bits per heavy atom. The van der Waals surface area contributed by atoms with Crippen LogP contribution in [-0.2, 0) is 17.8 Å². The van der Waals surface area contributed by atoms with E-state index in [2.05, 4.69) is 24.4 Å². The largest absolute Gasteiger partial charge is 0.496 e. The number of rotatable bonds is 7. The van der Waals surface area contributed by atoms with Crippen LogP contribution in [0.15, 0.2) is 40.8 Å². The highest BCUT2D eigenvalue weighted by molar-refractivity contribution is 5.79. The lowest BCUT2D eigenvalue weighted by molar-refractivity contribution is -0.131. The molecule has 28 heavy (non-hydrogen) atoms. The van der Waals surface area contributed by atoms with Crippen LogP contribution in [0.3, 0.4) is 0 Å². The Morgan fingerprint density at radius 2 is 1.96 bits per heavy atom. The molecule has 1 saturated heterocycles. The average molecular weight is 383 g/mol. The predicted octanol–water partition coefficient (Wildman–Crippen LogP) is 3.73. The molecule has 0 spiro atoms. The molecule has 5 heteroatoms. The zero-order valence-corrected chi connectivity index (χ0v) is 16.8. The molecule has 150 valence electrons. The van der Waals surface area contributed by atoms with Crippen molar-refractivity contribution in [2.24, 2.45) is 5.92 Å². The van der Waals surface area contributed by atoms with Gasteiger partial charge in [0.2, 0.25) is 5.91 Å². The average Bonchev–Trinajstić information content (AvgIpc) is 3.26. The van der Waals surface area contributed by atoms with Crippen LogP contribution in [0, 0.1) is 5.92 Å². The Kier molecular flexibility index (Phi) is 5.72. The van der Waals surface area contributed by atoms with Gasteiger partial charge < -0.3 is 19.4 Å². The zero-order chi connectivity index (χ0) is 19.5. The standard InChI is InChI=1S/C23H30N2O3/c1-16-13-20(16)22-8-7-19(28-22)15-24-18-9-11-25(12-10-18)23(26)14-17-5-3-4-6-21(17)27-2/h3-8,16,18,20,24H,9-15H2,1-2H3. The van der Waals surface area contributed by atoms with E-state index in [-0.39, 0.29) is 5.91 Å². The number of ether oxygens (including phenoxy) is 1. The Bertz CT molecular complexity index is 808. The molecule has 5 nitrogen and oxygen atoms in total. The molecule has 1 N–H and O–H groups in total. The maximum atomic E-state index is 12.7. The van der Waals surface area contributed by atoms with E-state index in [1.54, 1.807) is 7.11 Å². The SMILES string of the molecule is COc1ccccc1CC(=O)N1CCC(NCc2ccc(C3CC3C)o2)CC1. The lowest BCUT2D eigenvalue weighted by Crippen LogP contribution is -2.45. The number of nitrogens with zero attached hydrogens (tertiary/aromatic N) is 1. The summed E-state index contributed by atoms with van der Waals surface area (Å²) < 4.78 is 11.3. The van der Waals surface area contributed by atoms with E-state index in [0.717, 1.165) is 61.2 Å². The van der Waals surface area contributed by atoms with Crippen molar-refractivity contribution in [3.05, 3.63) is 53.5 Å². The second-order valence-electron chi connectivity index (χ2n) is 8.15. The molecule has 1 saturated carbocycles. The van der Waals surface area contributed by atoms with Gasteiger partial charge in [0.1, 0.15) is 17.3 Å². The van der Waals surface area contributed by atoms with Gasteiger partial charge in [-0.3, -0.25) is 4.79 Å². The van der Waals surface area contributed by atoms with E-state index in [1.807, 2.05) is 29.2 Å². The van der Waals surface area contributed by atoms with Crippen molar-refractivity contribution >= 4 is 5.91 Å². The summed E-state index contributed by atoms with van der Waals surface area (Å²) >= 11 is 0. The lowest BCUT2D eigenvalue weighted by Gasteiger charge is -2.32. The molecule has 1 aromatic carbocycles. The molecule has 2 heterocycles. The summed E-state index contributed by atoms with van der Waals surface area (Å²) in [5, 5.41) is 3.60.